The van der Waals surface area contributed by atoms with Crippen molar-refractivity contribution in [1.82, 2.24) is 0 Å². The van der Waals surface area contributed by atoms with Gasteiger partial charge in [0.1, 0.15) is 0 Å². The zero-order chi connectivity index (χ0) is 25.4. The zero-order valence-electron chi connectivity index (χ0n) is 22.8. The van der Waals surface area contributed by atoms with Crippen molar-refractivity contribution in [3.63, 3.8) is 0 Å². The minimum atomic E-state index is -0.804. The SMILES string of the molecule is CC(=CCCC(C)C1CCC2(C)C3CCC(C4(C)CC4)C4(CCC(=O)O)CC34CCC12C)C(=O)O. The number of aliphatic carboxylic acids is 2. The van der Waals surface area contributed by atoms with Crippen molar-refractivity contribution in [1.29, 1.82) is 0 Å². The first-order valence-electron chi connectivity index (χ1n) is 14.5. The van der Waals surface area contributed by atoms with Crippen LogP contribution in [0.3, 0.4) is 0 Å². The van der Waals surface area contributed by atoms with Crippen LogP contribution in [0.1, 0.15) is 118 Å². The summed E-state index contributed by atoms with van der Waals surface area (Å²) in [5.41, 5.74) is 2.30. The lowest BCUT2D eigenvalue weighted by Crippen LogP contribution is -2.54. The smallest absolute Gasteiger partial charge is 0.330 e. The maximum Gasteiger partial charge on any atom is 0.330 e. The Morgan fingerprint density at radius 2 is 1.63 bits per heavy atom. The molecule has 5 fully saturated rings. The molecule has 8 unspecified atom stereocenters. The first-order valence-corrected chi connectivity index (χ1v) is 14.5. The van der Waals surface area contributed by atoms with Gasteiger partial charge in [0.15, 0.2) is 0 Å². The van der Waals surface area contributed by atoms with Gasteiger partial charge < -0.3 is 10.2 Å². The van der Waals surface area contributed by atoms with Crippen LogP contribution in [0.25, 0.3) is 0 Å². The average molecular weight is 485 g/mol. The van der Waals surface area contributed by atoms with E-state index in [0.717, 1.165) is 31.1 Å². The van der Waals surface area contributed by atoms with Crippen molar-refractivity contribution < 1.29 is 19.8 Å². The van der Waals surface area contributed by atoms with Crippen molar-refractivity contribution in [2.24, 2.45) is 50.7 Å². The summed E-state index contributed by atoms with van der Waals surface area (Å²) in [7, 11) is 0. The highest BCUT2D eigenvalue weighted by Crippen LogP contribution is 2.89. The molecule has 5 rings (SSSR count). The van der Waals surface area contributed by atoms with Crippen LogP contribution >= 0.6 is 0 Å². The highest BCUT2D eigenvalue weighted by molar-refractivity contribution is 5.85. The lowest BCUT2D eigenvalue weighted by molar-refractivity contribution is -0.141. The summed E-state index contributed by atoms with van der Waals surface area (Å²) in [6.45, 7) is 11.8. The molecule has 196 valence electrons. The Morgan fingerprint density at radius 3 is 2.26 bits per heavy atom. The topological polar surface area (TPSA) is 74.6 Å². The summed E-state index contributed by atoms with van der Waals surface area (Å²) in [4.78, 5) is 22.9. The number of hydrogen-bond donors (Lipinski definition) is 2. The molecule has 0 radical (unpaired) electrons. The predicted octanol–water partition coefficient (Wildman–Crippen LogP) is 7.72. The molecule has 0 aliphatic heterocycles. The van der Waals surface area contributed by atoms with E-state index >= 15 is 0 Å². The van der Waals surface area contributed by atoms with Crippen LogP contribution in [-0.2, 0) is 9.59 Å². The summed E-state index contributed by atoms with van der Waals surface area (Å²) >= 11 is 0. The summed E-state index contributed by atoms with van der Waals surface area (Å²) in [6.07, 6.45) is 16.9. The number of carboxylic acid groups (broad SMARTS) is 2. The maximum atomic E-state index is 11.7. The molecule has 0 heterocycles. The van der Waals surface area contributed by atoms with Gasteiger partial charge in [-0.2, -0.15) is 0 Å². The summed E-state index contributed by atoms with van der Waals surface area (Å²) < 4.78 is 0. The fraction of sp³-hybridized carbons (Fsp3) is 0.871. The molecule has 5 saturated carbocycles. The van der Waals surface area contributed by atoms with Gasteiger partial charge in [0, 0.05) is 12.0 Å². The molecule has 1 spiro atoms. The average Bonchev–Trinajstić information content (AvgIpc) is 3.67. The highest BCUT2D eigenvalue weighted by atomic mass is 16.4. The van der Waals surface area contributed by atoms with E-state index in [1.54, 1.807) is 6.92 Å². The molecule has 4 heteroatoms. The zero-order valence-corrected chi connectivity index (χ0v) is 22.8. The van der Waals surface area contributed by atoms with Crippen LogP contribution in [-0.4, -0.2) is 22.2 Å². The largest absolute Gasteiger partial charge is 0.481 e. The number of carboxylic acids is 2. The molecular weight excluding hydrogens is 436 g/mol. The van der Waals surface area contributed by atoms with Crippen LogP contribution in [0.5, 0.6) is 0 Å². The van der Waals surface area contributed by atoms with Crippen LogP contribution in [0.2, 0.25) is 0 Å². The monoisotopic (exact) mass is 484 g/mol. The molecule has 2 N–H and O–H groups in total. The van der Waals surface area contributed by atoms with Crippen LogP contribution in [0.4, 0.5) is 0 Å². The number of carbonyl (C=O) groups is 2. The van der Waals surface area contributed by atoms with Gasteiger partial charge in [-0.3, -0.25) is 4.79 Å². The van der Waals surface area contributed by atoms with E-state index in [9.17, 15) is 19.8 Å². The molecule has 0 aromatic heterocycles. The van der Waals surface area contributed by atoms with Crippen molar-refractivity contribution in [2.45, 2.75) is 118 Å². The number of fused-ring (bicyclic) bond motifs is 2. The van der Waals surface area contributed by atoms with Crippen LogP contribution in [0.15, 0.2) is 11.6 Å². The van der Waals surface area contributed by atoms with Gasteiger partial charge in [0.2, 0.25) is 0 Å². The number of hydrogen-bond acceptors (Lipinski definition) is 2. The second-order valence-electron chi connectivity index (χ2n) is 14.4. The quantitative estimate of drug-likeness (QED) is 0.329. The van der Waals surface area contributed by atoms with Gasteiger partial charge in [-0.15, -0.1) is 0 Å². The molecule has 35 heavy (non-hydrogen) atoms. The number of allylic oxidation sites excluding steroid dienone is 1. The molecule has 0 aromatic carbocycles. The molecule has 0 amide bonds. The first-order chi connectivity index (χ1) is 16.4. The van der Waals surface area contributed by atoms with Gasteiger partial charge in [-0.1, -0.05) is 33.8 Å². The highest BCUT2D eigenvalue weighted by Gasteiger charge is 2.81. The normalized spacial score (nSPS) is 46.2. The van der Waals surface area contributed by atoms with Crippen LogP contribution in [0, 0.1) is 50.7 Å². The van der Waals surface area contributed by atoms with Gasteiger partial charge in [0.05, 0.1) is 0 Å². The maximum absolute atomic E-state index is 11.7. The Balaban J connectivity index is 1.38. The Morgan fingerprint density at radius 1 is 0.943 bits per heavy atom. The Bertz CT molecular complexity index is 932. The Kier molecular flexibility index (Phi) is 5.85. The summed E-state index contributed by atoms with van der Waals surface area (Å²) in [6, 6.07) is 0. The van der Waals surface area contributed by atoms with E-state index in [1.165, 1.54) is 57.8 Å². The fourth-order valence-corrected chi connectivity index (χ4v) is 11.0. The third kappa shape index (κ3) is 3.51. The molecule has 0 saturated heterocycles. The van der Waals surface area contributed by atoms with Gasteiger partial charge >= 0.3 is 11.9 Å². The standard InChI is InChI=1S/C31H48O4/c1-20(7-6-8-21(2)26(34)35)22-11-13-29(5)24-10-9-23(27(3)15-16-27)30(14-12-25(32)33)19-31(24,30)18-17-28(22,29)4/h8,20,22-24H,6-7,9-19H2,1-5H3,(H,32,33)(H,34,35). The summed E-state index contributed by atoms with van der Waals surface area (Å²) in [5, 5.41) is 18.8. The van der Waals surface area contributed by atoms with Crippen LogP contribution < -0.4 is 0 Å². The van der Waals surface area contributed by atoms with E-state index in [0.29, 0.717) is 45.5 Å². The van der Waals surface area contributed by atoms with E-state index in [2.05, 4.69) is 27.7 Å². The summed E-state index contributed by atoms with van der Waals surface area (Å²) in [5.74, 6) is 1.37. The molecular formula is C31H48O4. The molecule has 5 aliphatic carbocycles. The van der Waals surface area contributed by atoms with Crippen molar-refractivity contribution in [2.75, 3.05) is 0 Å². The lowest BCUT2D eigenvalue weighted by atomic mass is 9.43. The molecule has 8 atom stereocenters. The number of rotatable bonds is 9. The third-order valence-corrected chi connectivity index (χ3v) is 13.3. The lowest BCUT2D eigenvalue weighted by Gasteiger charge is -2.61. The first kappa shape index (κ1) is 25.3. The third-order valence-electron chi connectivity index (χ3n) is 13.3. The van der Waals surface area contributed by atoms with E-state index in [1.807, 2.05) is 6.08 Å². The molecule has 5 aliphatic rings. The predicted molar refractivity (Wildman–Crippen MR) is 138 cm³/mol. The second kappa shape index (κ2) is 8.09. The van der Waals surface area contributed by atoms with Crippen molar-refractivity contribution in [3.8, 4) is 0 Å². The fourth-order valence-electron chi connectivity index (χ4n) is 11.0. The van der Waals surface area contributed by atoms with Crippen molar-refractivity contribution in [3.05, 3.63) is 11.6 Å². The minimum Gasteiger partial charge on any atom is -0.481 e. The second-order valence-corrected chi connectivity index (χ2v) is 14.4. The molecule has 0 aromatic rings. The van der Waals surface area contributed by atoms with Gasteiger partial charge in [0.25, 0.3) is 0 Å². The van der Waals surface area contributed by atoms with E-state index in [4.69, 9.17) is 0 Å². The Hall–Kier alpha value is -1.32. The molecule has 4 nitrogen and oxygen atoms in total. The van der Waals surface area contributed by atoms with Gasteiger partial charge in [-0.05, 0) is 135 Å². The minimum absolute atomic E-state index is 0.284. The molecule has 0 bridgehead atoms. The van der Waals surface area contributed by atoms with Gasteiger partial charge in [-0.25, -0.2) is 4.79 Å². The van der Waals surface area contributed by atoms with E-state index in [-0.39, 0.29) is 5.41 Å². The van der Waals surface area contributed by atoms with Crippen molar-refractivity contribution >= 4 is 11.9 Å². The Labute approximate surface area is 212 Å². The van der Waals surface area contributed by atoms with E-state index < -0.39 is 11.9 Å².